The molecule has 0 spiro atoms. The second-order valence-electron chi connectivity index (χ2n) is 4.67. The fourth-order valence-corrected chi connectivity index (χ4v) is 3.43. The van der Waals surface area contributed by atoms with Crippen molar-refractivity contribution in [2.45, 2.75) is 32.7 Å². The van der Waals surface area contributed by atoms with Crippen LogP contribution in [0.25, 0.3) is 0 Å². The van der Waals surface area contributed by atoms with Crippen molar-refractivity contribution in [3.8, 4) is 0 Å². The molecular weight excluding hydrogens is 303 g/mol. The van der Waals surface area contributed by atoms with Crippen molar-refractivity contribution in [2.24, 2.45) is 5.92 Å². The van der Waals surface area contributed by atoms with E-state index in [4.69, 9.17) is 0 Å². The van der Waals surface area contributed by atoms with E-state index in [2.05, 4.69) is 5.32 Å². The summed E-state index contributed by atoms with van der Waals surface area (Å²) >= 11 is 1.19. The maximum atomic E-state index is 11.9. The van der Waals surface area contributed by atoms with Crippen LogP contribution < -0.4 is 40.0 Å². The van der Waals surface area contributed by atoms with Gasteiger partial charge in [0.1, 0.15) is 0 Å². The number of hydrogen-bond acceptors (Lipinski definition) is 5. The molecule has 21 heavy (non-hydrogen) atoms. The molecule has 0 radical (unpaired) electrons. The third-order valence-electron chi connectivity index (χ3n) is 3.45. The zero-order valence-corrected chi connectivity index (χ0v) is 15.0. The number of carbonyl (C=O) groups excluding carboxylic acids is 3. The number of rotatable bonds is 5. The number of amides is 2. The van der Waals surface area contributed by atoms with E-state index in [0.29, 0.717) is 17.7 Å². The zero-order valence-electron chi connectivity index (χ0n) is 12.2. The van der Waals surface area contributed by atoms with Crippen molar-refractivity contribution in [2.75, 3.05) is 0 Å². The molecule has 0 unspecified atom stereocenters. The third kappa shape index (κ3) is 3.53. The largest absolute Gasteiger partial charge is 1.00 e. The molecular formula is C13H15N2NaO4S. The Hall–Kier alpha value is -0.760. The maximum absolute atomic E-state index is 11.9. The van der Waals surface area contributed by atoms with E-state index in [0.717, 1.165) is 0 Å². The third-order valence-corrected chi connectivity index (χ3v) is 4.37. The summed E-state index contributed by atoms with van der Waals surface area (Å²) in [5, 5.41) is 15.3. The van der Waals surface area contributed by atoms with E-state index < -0.39 is 5.97 Å². The van der Waals surface area contributed by atoms with Crippen LogP contribution in [0.2, 0.25) is 0 Å². The Labute approximate surface area is 149 Å². The van der Waals surface area contributed by atoms with Gasteiger partial charge in [-0.15, -0.1) is 0 Å². The predicted octanol–water partition coefficient (Wildman–Crippen LogP) is -3.07. The number of carboxylic acids is 1. The molecule has 2 heterocycles. The molecule has 0 aromatic carbocycles. The summed E-state index contributed by atoms with van der Waals surface area (Å²) in [5.74, 6) is -1.77. The van der Waals surface area contributed by atoms with E-state index in [9.17, 15) is 19.5 Å². The van der Waals surface area contributed by atoms with Crippen LogP contribution in [0.3, 0.4) is 0 Å². The first kappa shape index (κ1) is 18.3. The monoisotopic (exact) mass is 318 g/mol. The Morgan fingerprint density at radius 1 is 1.52 bits per heavy atom. The molecule has 1 N–H and O–H groups in total. The van der Waals surface area contributed by atoms with Crippen LogP contribution in [-0.2, 0) is 14.4 Å². The summed E-state index contributed by atoms with van der Waals surface area (Å²) in [6.45, 7) is 3.30. The Balaban J connectivity index is 0.00000220. The van der Waals surface area contributed by atoms with Crippen LogP contribution in [0.15, 0.2) is 22.2 Å². The average molecular weight is 318 g/mol. The van der Waals surface area contributed by atoms with E-state index in [1.54, 1.807) is 5.41 Å². The van der Waals surface area contributed by atoms with Gasteiger partial charge in [0.2, 0.25) is 11.8 Å². The molecule has 0 aromatic rings. The van der Waals surface area contributed by atoms with Gasteiger partial charge in [-0.05, 0) is 11.8 Å². The molecule has 8 heteroatoms. The van der Waals surface area contributed by atoms with Crippen molar-refractivity contribution in [3.05, 3.63) is 22.2 Å². The number of thioether (sulfide) groups is 1. The number of aliphatic carboxylic acids is 1. The van der Waals surface area contributed by atoms with Gasteiger partial charge >= 0.3 is 29.6 Å². The Bertz CT molecular complexity index is 532. The molecule has 6 nitrogen and oxygen atoms in total. The molecule has 2 aliphatic rings. The van der Waals surface area contributed by atoms with Crippen LogP contribution in [0.4, 0.5) is 0 Å². The number of carboxylic acid groups (broad SMARTS) is 1. The van der Waals surface area contributed by atoms with Crippen molar-refractivity contribution >= 4 is 29.5 Å². The Morgan fingerprint density at radius 3 is 2.71 bits per heavy atom. The van der Waals surface area contributed by atoms with Crippen LogP contribution in [0, 0.1) is 5.92 Å². The van der Waals surface area contributed by atoms with Crippen molar-refractivity contribution in [1.82, 2.24) is 10.2 Å². The van der Waals surface area contributed by atoms with Gasteiger partial charge in [-0.25, -0.2) is 0 Å². The van der Waals surface area contributed by atoms with Crippen LogP contribution >= 0.6 is 11.8 Å². The van der Waals surface area contributed by atoms with Crippen molar-refractivity contribution in [1.29, 1.82) is 0 Å². The summed E-state index contributed by atoms with van der Waals surface area (Å²) < 4.78 is 0. The molecule has 0 aliphatic carbocycles. The minimum Gasteiger partial charge on any atom is -0.543 e. The summed E-state index contributed by atoms with van der Waals surface area (Å²) in [6, 6.07) is -0.0583. The number of nitrogens with one attached hydrogen (secondary N) is 1. The van der Waals surface area contributed by atoms with Crippen LogP contribution in [0.1, 0.15) is 26.7 Å². The maximum Gasteiger partial charge on any atom is 1.00 e. The summed E-state index contributed by atoms with van der Waals surface area (Å²) in [7, 11) is 0. The Morgan fingerprint density at radius 2 is 2.19 bits per heavy atom. The minimum atomic E-state index is -1.33. The van der Waals surface area contributed by atoms with E-state index in [-0.39, 0.29) is 59.0 Å². The van der Waals surface area contributed by atoms with E-state index in [1.165, 1.54) is 29.8 Å². The van der Waals surface area contributed by atoms with Gasteiger partial charge in [-0.1, -0.05) is 18.7 Å². The van der Waals surface area contributed by atoms with Crippen LogP contribution in [0.5, 0.6) is 0 Å². The first-order valence-corrected chi connectivity index (χ1v) is 7.21. The van der Waals surface area contributed by atoms with Gasteiger partial charge in [0.15, 0.2) is 0 Å². The molecule has 1 saturated heterocycles. The van der Waals surface area contributed by atoms with Gasteiger partial charge < -0.3 is 20.1 Å². The molecule has 0 bridgehead atoms. The topological polar surface area (TPSA) is 89.5 Å². The molecule has 0 aromatic heterocycles. The summed E-state index contributed by atoms with van der Waals surface area (Å²) in [5.41, 5.74) is -0.0258. The quantitative estimate of drug-likeness (QED) is 0.429. The standard InChI is InChI=1S/C13H16N2O4S.Na/c1-3-8-9-6-10(20-5-4-14-7(2)16)11(13(18)19)15(9)12(8)17;/h4-5,8-9H,3,6H2,1-2H3,(H,14,16)(H,18,19);/q;+1/p-1/b5-4+;/t8-,9+;/m0./s1. The summed E-state index contributed by atoms with van der Waals surface area (Å²) in [6.07, 6.45) is 2.68. The normalized spacial score (nSPS) is 23.7. The predicted molar refractivity (Wildman–Crippen MR) is 71.6 cm³/mol. The molecule has 0 saturated carbocycles. The summed E-state index contributed by atoms with van der Waals surface area (Å²) in [4.78, 5) is 35.7. The number of hydrogen-bond donors (Lipinski definition) is 1. The van der Waals surface area contributed by atoms with E-state index >= 15 is 0 Å². The molecule has 1 fully saturated rings. The smallest absolute Gasteiger partial charge is 0.543 e. The van der Waals surface area contributed by atoms with Gasteiger partial charge in [-0.2, -0.15) is 0 Å². The first-order valence-electron chi connectivity index (χ1n) is 6.33. The minimum absolute atomic E-state index is 0. The number of fused-ring (bicyclic) bond motifs is 1. The van der Waals surface area contributed by atoms with Crippen molar-refractivity contribution in [3.63, 3.8) is 0 Å². The second kappa shape index (κ2) is 7.49. The number of β-lactam (4-membered cyclic amide) rings is 1. The average Bonchev–Trinajstić information content (AvgIpc) is 2.70. The first-order chi connectivity index (χ1) is 9.47. The Kier molecular flexibility index (Phi) is 6.52. The van der Waals surface area contributed by atoms with Gasteiger partial charge in [0, 0.05) is 24.4 Å². The van der Waals surface area contributed by atoms with E-state index in [1.807, 2.05) is 6.92 Å². The molecule has 108 valence electrons. The van der Waals surface area contributed by atoms with Gasteiger partial charge in [0.05, 0.1) is 23.6 Å². The van der Waals surface area contributed by atoms with Crippen molar-refractivity contribution < 1.29 is 49.0 Å². The number of nitrogens with zero attached hydrogens (tertiary/aromatic N) is 1. The van der Waals surface area contributed by atoms with Crippen LogP contribution in [-0.4, -0.2) is 28.7 Å². The number of carbonyl (C=O) groups is 3. The fraction of sp³-hybridized carbons (Fsp3) is 0.462. The molecule has 2 aliphatic heterocycles. The fourth-order valence-electron chi connectivity index (χ4n) is 2.57. The van der Waals surface area contributed by atoms with Gasteiger partial charge in [-0.3, -0.25) is 9.59 Å². The second-order valence-corrected chi connectivity index (χ2v) is 5.68. The molecule has 2 atom stereocenters. The van der Waals surface area contributed by atoms with Gasteiger partial charge in [0.25, 0.3) is 0 Å². The SMILES string of the molecule is CC[C@@H]1C(=O)N2C(C(=O)[O-])=C(S/C=C/NC(C)=O)C[C@H]12.[Na+]. The zero-order chi connectivity index (χ0) is 14.9. The molecule has 2 amide bonds. The molecule has 2 rings (SSSR count).